The van der Waals surface area contributed by atoms with Crippen molar-refractivity contribution in [2.75, 3.05) is 11.9 Å². The summed E-state index contributed by atoms with van der Waals surface area (Å²) in [6.07, 6.45) is 2.41. The third-order valence-corrected chi connectivity index (χ3v) is 4.67. The molecule has 0 aliphatic carbocycles. The fourth-order valence-electron chi connectivity index (χ4n) is 2.22. The van der Waals surface area contributed by atoms with Gasteiger partial charge in [0.25, 0.3) is 11.6 Å². The lowest BCUT2D eigenvalue weighted by molar-refractivity contribution is -0.384. The molecule has 138 valence electrons. The van der Waals surface area contributed by atoms with E-state index in [-0.39, 0.29) is 18.2 Å². The molecule has 7 nitrogen and oxygen atoms in total. The number of nitro benzene ring substituents is 1. The number of nitrogens with one attached hydrogen (secondary N) is 1. The van der Waals surface area contributed by atoms with Crippen molar-refractivity contribution in [1.82, 2.24) is 4.98 Å². The molecule has 0 unspecified atom stereocenters. The van der Waals surface area contributed by atoms with Gasteiger partial charge in [-0.2, -0.15) is 0 Å². The van der Waals surface area contributed by atoms with Crippen LogP contribution in [-0.4, -0.2) is 22.4 Å². The van der Waals surface area contributed by atoms with Crippen LogP contribution in [0.2, 0.25) is 5.02 Å². The maximum absolute atomic E-state index is 12.0. The molecule has 0 saturated heterocycles. The zero-order chi connectivity index (χ0) is 19.2. The van der Waals surface area contributed by atoms with Crippen LogP contribution in [0.3, 0.4) is 0 Å². The van der Waals surface area contributed by atoms with E-state index < -0.39 is 4.92 Å². The smallest absolute Gasteiger partial charge is 0.269 e. The number of hydrogen-bond donors (Lipinski definition) is 1. The Kier molecular flexibility index (Phi) is 6.00. The zero-order valence-electron chi connectivity index (χ0n) is 13.9. The predicted molar refractivity (Wildman–Crippen MR) is 104 cm³/mol. The summed E-state index contributed by atoms with van der Waals surface area (Å²) in [7, 11) is 0. The van der Waals surface area contributed by atoms with Crippen molar-refractivity contribution in [3.8, 4) is 5.75 Å². The molecule has 2 aromatic carbocycles. The lowest BCUT2D eigenvalue weighted by Gasteiger charge is -2.05. The molecule has 0 bridgehead atoms. The van der Waals surface area contributed by atoms with E-state index in [0.29, 0.717) is 22.3 Å². The topological polar surface area (TPSA) is 94.4 Å². The highest BCUT2D eigenvalue weighted by Crippen LogP contribution is 2.22. The first-order valence-electron chi connectivity index (χ1n) is 7.86. The second-order valence-electron chi connectivity index (χ2n) is 5.52. The largest absolute Gasteiger partial charge is 0.484 e. The average Bonchev–Trinajstić information content (AvgIpc) is 3.09. The van der Waals surface area contributed by atoms with Crippen LogP contribution in [0.15, 0.2) is 54.7 Å². The van der Waals surface area contributed by atoms with E-state index in [1.54, 1.807) is 6.20 Å². The highest BCUT2D eigenvalue weighted by atomic mass is 35.5. The molecule has 1 aromatic heterocycles. The third kappa shape index (κ3) is 5.50. The maximum Gasteiger partial charge on any atom is 0.269 e. The molecule has 0 aliphatic heterocycles. The van der Waals surface area contributed by atoms with Gasteiger partial charge in [0.05, 0.1) is 4.92 Å². The number of aromatic nitrogens is 1. The Hall–Kier alpha value is -2.97. The maximum atomic E-state index is 12.0. The molecule has 0 saturated carbocycles. The van der Waals surface area contributed by atoms with Crippen LogP contribution in [0.4, 0.5) is 10.8 Å². The number of ether oxygens (including phenoxy) is 1. The van der Waals surface area contributed by atoms with Gasteiger partial charge in [0, 0.05) is 34.7 Å². The van der Waals surface area contributed by atoms with E-state index in [1.165, 1.54) is 35.6 Å². The van der Waals surface area contributed by atoms with E-state index in [9.17, 15) is 14.9 Å². The van der Waals surface area contributed by atoms with Crippen LogP contribution in [0.1, 0.15) is 10.4 Å². The monoisotopic (exact) mass is 403 g/mol. The number of benzene rings is 2. The van der Waals surface area contributed by atoms with Crippen LogP contribution in [0.25, 0.3) is 0 Å². The Morgan fingerprint density at radius 1 is 1.19 bits per heavy atom. The quantitative estimate of drug-likeness (QED) is 0.468. The third-order valence-electron chi connectivity index (χ3n) is 3.51. The van der Waals surface area contributed by atoms with Gasteiger partial charge < -0.3 is 4.74 Å². The summed E-state index contributed by atoms with van der Waals surface area (Å²) in [5.74, 6) is 0.0130. The van der Waals surface area contributed by atoms with Gasteiger partial charge >= 0.3 is 0 Å². The van der Waals surface area contributed by atoms with Crippen molar-refractivity contribution >= 4 is 39.7 Å². The SMILES string of the molecule is O=C(COc1ccc([N+](=O)[O-])cc1)Nc1ncc(Cc2ccc(Cl)cc2)s1. The normalized spacial score (nSPS) is 10.4. The second-order valence-corrected chi connectivity index (χ2v) is 7.07. The summed E-state index contributed by atoms with van der Waals surface area (Å²) in [5.41, 5.74) is 1.06. The summed E-state index contributed by atoms with van der Waals surface area (Å²) < 4.78 is 5.32. The lowest BCUT2D eigenvalue weighted by Crippen LogP contribution is -2.19. The summed E-state index contributed by atoms with van der Waals surface area (Å²) in [6, 6.07) is 13.1. The molecule has 1 heterocycles. The zero-order valence-corrected chi connectivity index (χ0v) is 15.5. The van der Waals surface area contributed by atoms with E-state index in [0.717, 1.165) is 10.4 Å². The highest BCUT2D eigenvalue weighted by molar-refractivity contribution is 7.15. The van der Waals surface area contributed by atoms with Crippen LogP contribution in [0, 0.1) is 10.1 Å². The van der Waals surface area contributed by atoms with Gasteiger partial charge in [-0.3, -0.25) is 20.2 Å². The Morgan fingerprint density at radius 3 is 2.56 bits per heavy atom. The van der Waals surface area contributed by atoms with Crippen molar-refractivity contribution in [3.05, 3.63) is 80.3 Å². The number of carbonyl (C=O) groups excluding carboxylic acids is 1. The molecule has 0 spiro atoms. The fourth-order valence-corrected chi connectivity index (χ4v) is 3.21. The average molecular weight is 404 g/mol. The summed E-state index contributed by atoms with van der Waals surface area (Å²) in [5, 5.41) is 14.4. The van der Waals surface area contributed by atoms with Gasteiger partial charge in [-0.25, -0.2) is 4.98 Å². The number of rotatable bonds is 7. The number of nitro groups is 1. The lowest BCUT2D eigenvalue weighted by atomic mass is 10.1. The highest BCUT2D eigenvalue weighted by Gasteiger charge is 2.09. The van der Waals surface area contributed by atoms with E-state index >= 15 is 0 Å². The second kappa shape index (κ2) is 8.61. The number of hydrogen-bond acceptors (Lipinski definition) is 6. The van der Waals surface area contributed by atoms with Crippen molar-refractivity contribution in [2.45, 2.75) is 6.42 Å². The van der Waals surface area contributed by atoms with Crippen LogP contribution < -0.4 is 10.1 Å². The van der Waals surface area contributed by atoms with E-state index in [4.69, 9.17) is 16.3 Å². The number of carbonyl (C=O) groups is 1. The Labute approximate surface area is 163 Å². The number of non-ortho nitro benzene ring substituents is 1. The summed E-state index contributed by atoms with van der Waals surface area (Å²) in [6.45, 7) is -0.218. The molecular weight excluding hydrogens is 390 g/mol. The molecule has 0 atom stereocenters. The molecule has 0 aliphatic rings. The van der Waals surface area contributed by atoms with Crippen LogP contribution >= 0.6 is 22.9 Å². The van der Waals surface area contributed by atoms with Gasteiger partial charge in [0.1, 0.15) is 5.75 Å². The first-order valence-corrected chi connectivity index (χ1v) is 9.05. The van der Waals surface area contributed by atoms with Gasteiger partial charge in [0.2, 0.25) is 0 Å². The van der Waals surface area contributed by atoms with Crippen molar-refractivity contribution in [1.29, 1.82) is 0 Å². The van der Waals surface area contributed by atoms with E-state index in [1.807, 2.05) is 24.3 Å². The Morgan fingerprint density at radius 2 is 1.89 bits per heavy atom. The molecule has 1 N–H and O–H groups in total. The standard InChI is InChI=1S/C18H14ClN3O4S/c19-13-3-1-12(2-4-13)9-16-10-20-18(27-16)21-17(23)11-26-15-7-5-14(6-8-15)22(24)25/h1-8,10H,9,11H2,(H,20,21,23). The summed E-state index contributed by atoms with van der Waals surface area (Å²) in [4.78, 5) is 27.3. The first kappa shape index (κ1) is 18.8. The molecule has 9 heteroatoms. The van der Waals surface area contributed by atoms with Gasteiger partial charge in [-0.05, 0) is 29.8 Å². The van der Waals surface area contributed by atoms with Crippen molar-refractivity contribution in [3.63, 3.8) is 0 Å². The minimum atomic E-state index is -0.499. The molecule has 3 rings (SSSR count). The Balaban J connectivity index is 1.50. The molecule has 1 amide bonds. The van der Waals surface area contributed by atoms with Crippen molar-refractivity contribution < 1.29 is 14.5 Å². The minimum absolute atomic E-state index is 0.0391. The fraction of sp³-hybridized carbons (Fsp3) is 0.111. The van der Waals surface area contributed by atoms with Gasteiger partial charge in [0.15, 0.2) is 11.7 Å². The molecular formula is C18H14ClN3O4S. The number of halogens is 1. The number of thiazole rings is 1. The number of nitrogens with zero attached hydrogens (tertiary/aromatic N) is 2. The summed E-state index contributed by atoms with van der Waals surface area (Å²) >= 11 is 7.25. The number of anilines is 1. The van der Waals surface area contributed by atoms with E-state index in [2.05, 4.69) is 10.3 Å². The first-order chi connectivity index (χ1) is 13.0. The van der Waals surface area contributed by atoms with Gasteiger partial charge in [-0.15, -0.1) is 11.3 Å². The predicted octanol–water partition coefficient (Wildman–Crippen LogP) is 4.31. The molecule has 0 radical (unpaired) electrons. The molecule has 0 fully saturated rings. The molecule has 3 aromatic rings. The van der Waals surface area contributed by atoms with Crippen LogP contribution in [0.5, 0.6) is 5.75 Å². The Bertz CT molecular complexity index is 942. The molecule has 27 heavy (non-hydrogen) atoms. The minimum Gasteiger partial charge on any atom is -0.484 e. The van der Waals surface area contributed by atoms with Gasteiger partial charge in [-0.1, -0.05) is 23.7 Å². The van der Waals surface area contributed by atoms with Crippen LogP contribution in [-0.2, 0) is 11.2 Å². The number of amides is 1. The van der Waals surface area contributed by atoms with Crippen molar-refractivity contribution in [2.24, 2.45) is 0 Å².